The van der Waals surface area contributed by atoms with E-state index in [9.17, 15) is 0 Å². The second kappa shape index (κ2) is 6.16. The predicted molar refractivity (Wildman–Crippen MR) is 77.5 cm³/mol. The SMILES string of the molecule is CCNC(Cc1nccn1C)c1ccc(Br)cc1. The Labute approximate surface area is 116 Å². The molecule has 18 heavy (non-hydrogen) atoms. The summed E-state index contributed by atoms with van der Waals surface area (Å²) in [6.07, 6.45) is 4.73. The summed E-state index contributed by atoms with van der Waals surface area (Å²) >= 11 is 3.47. The van der Waals surface area contributed by atoms with E-state index in [4.69, 9.17) is 0 Å². The molecule has 0 aliphatic rings. The molecule has 0 radical (unpaired) electrons. The van der Waals surface area contributed by atoms with Crippen LogP contribution in [-0.2, 0) is 13.5 Å². The number of hydrogen-bond acceptors (Lipinski definition) is 2. The lowest BCUT2D eigenvalue weighted by molar-refractivity contribution is 0.529. The van der Waals surface area contributed by atoms with Gasteiger partial charge in [-0.3, -0.25) is 0 Å². The quantitative estimate of drug-likeness (QED) is 0.920. The van der Waals surface area contributed by atoms with Crippen molar-refractivity contribution in [1.82, 2.24) is 14.9 Å². The minimum Gasteiger partial charge on any atom is -0.338 e. The molecule has 1 atom stereocenters. The molecule has 0 spiro atoms. The lowest BCUT2D eigenvalue weighted by atomic mass is 10.0. The van der Waals surface area contributed by atoms with Gasteiger partial charge in [0, 0.05) is 36.4 Å². The van der Waals surface area contributed by atoms with Crippen LogP contribution in [0.5, 0.6) is 0 Å². The summed E-state index contributed by atoms with van der Waals surface area (Å²) in [5.74, 6) is 1.10. The predicted octanol–water partition coefficient (Wildman–Crippen LogP) is 3.08. The van der Waals surface area contributed by atoms with Crippen LogP contribution in [0.15, 0.2) is 41.1 Å². The molecular formula is C14H18BrN3. The van der Waals surface area contributed by atoms with E-state index >= 15 is 0 Å². The topological polar surface area (TPSA) is 29.9 Å². The summed E-state index contributed by atoms with van der Waals surface area (Å²) in [6, 6.07) is 8.78. The lowest BCUT2D eigenvalue weighted by Gasteiger charge is -2.18. The van der Waals surface area contributed by atoms with E-state index in [1.807, 2.05) is 19.4 Å². The molecule has 0 bridgehead atoms. The van der Waals surface area contributed by atoms with Gasteiger partial charge in [-0.2, -0.15) is 0 Å². The highest BCUT2D eigenvalue weighted by atomic mass is 79.9. The average molecular weight is 308 g/mol. The van der Waals surface area contributed by atoms with E-state index in [0.717, 1.165) is 23.3 Å². The van der Waals surface area contributed by atoms with Gasteiger partial charge in [0.05, 0.1) is 0 Å². The second-order valence-corrected chi connectivity index (χ2v) is 5.24. The third-order valence-electron chi connectivity index (χ3n) is 3.03. The molecule has 1 N–H and O–H groups in total. The van der Waals surface area contributed by atoms with E-state index in [1.165, 1.54) is 5.56 Å². The Morgan fingerprint density at radius 3 is 2.61 bits per heavy atom. The Balaban J connectivity index is 2.18. The molecule has 0 saturated heterocycles. The molecule has 3 nitrogen and oxygen atoms in total. The minimum atomic E-state index is 0.309. The van der Waals surface area contributed by atoms with Crippen molar-refractivity contribution in [1.29, 1.82) is 0 Å². The Kier molecular flexibility index (Phi) is 4.55. The van der Waals surface area contributed by atoms with Crippen LogP contribution in [0.3, 0.4) is 0 Å². The summed E-state index contributed by atoms with van der Waals surface area (Å²) in [5.41, 5.74) is 1.29. The van der Waals surface area contributed by atoms with E-state index < -0.39 is 0 Å². The number of aromatic nitrogens is 2. The van der Waals surface area contributed by atoms with Crippen LogP contribution < -0.4 is 5.32 Å². The van der Waals surface area contributed by atoms with Crippen molar-refractivity contribution in [2.45, 2.75) is 19.4 Å². The van der Waals surface area contributed by atoms with Crippen LogP contribution in [0.4, 0.5) is 0 Å². The van der Waals surface area contributed by atoms with E-state index in [-0.39, 0.29) is 0 Å². The van der Waals surface area contributed by atoms with Crippen molar-refractivity contribution in [2.24, 2.45) is 7.05 Å². The molecule has 0 fully saturated rings. The van der Waals surface area contributed by atoms with Gasteiger partial charge in [-0.15, -0.1) is 0 Å². The second-order valence-electron chi connectivity index (χ2n) is 4.32. The van der Waals surface area contributed by atoms with Gasteiger partial charge < -0.3 is 9.88 Å². The maximum absolute atomic E-state index is 4.39. The molecule has 0 aliphatic heterocycles. The molecule has 0 amide bonds. The smallest absolute Gasteiger partial charge is 0.110 e. The first kappa shape index (κ1) is 13.3. The van der Waals surface area contributed by atoms with Crippen LogP contribution in [-0.4, -0.2) is 16.1 Å². The molecule has 1 aromatic carbocycles. The summed E-state index contributed by atoms with van der Waals surface area (Å²) in [6.45, 7) is 3.08. The number of imidazole rings is 1. The Morgan fingerprint density at radius 1 is 1.33 bits per heavy atom. The van der Waals surface area contributed by atoms with Crippen molar-refractivity contribution < 1.29 is 0 Å². The zero-order valence-corrected chi connectivity index (χ0v) is 12.3. The fraction of sp³-hybridized carbons (Fsp3) is 0.357. The van der Waals surface area contributed by atoms with E-state index in [0.29, 0.717) is 6.04 Å². The first-order valence-electron chi connectivity index (χ1n) is 6.15. The van der Waals surface area contributed by atoms with E-state index in [1.54, 1.807) is 0 Å². The van der Waals surface area contributed by atoms with Crippen LogP contribution in [0.1, 0.15) is 24.4 Å². The highest BCUT2D eigenvalue weighted by molar-refractivity contribution is 9.10. The van der Waals surface area contributed by atoms with Gasteiger partial charge in [-0.1, -0.05) is 35.0 Å². The highest BCUT2D eigenvalue weighted by Crippen LogP contribution is 2.20. The zero-order chi connectivity index (χ0) is 13.0. The van der Waals surface area contributed by atoms with Crippen LogP contribution in [0, 0.1) is 0 Å². The lowest BCUT2D eigenvalue weighted by Crippen LogP contribution is -2.24. The van der Waals surface area contributed by atoms with Crippen molar-refractivity contribution >= 4 is 15.9 Å². The van der Waals surface area contributed by atoms with Gasteiger partial charge in [0.25, 0.3) is 0 Å². The Bertz CT molecular complexity index is 490. The summed E-state index contributed by atoms with van der Waals surface area (Å²) < 4.78 is 3.18. The highest BCUT2D eigenvalue weighted by Gasteiger charge is 2.13. The molecule has 1 unspecified atom stereocenters. The third-order valence-corrected chi connectivity index (χ3v) is 3.56. The number of likely N-dealkylation sites (N-methyl/N-ethyl adjacent to an activating group) is 1. The minimum absolute atomic E-state index is 0.309. The number of aryl methyl sites for hydroxylation is 1. The largest absolute Gasteiger partial charge is 0.338 e. The van der Waals surface area contributed by atoms with Crippen LogP contribution in [0.2, 0.25) is 0 Å². The van der Waals surface area contributed by atoms with Gasteiger partial charge in [0.2, 0.25) is 0 Å². The maximum Gasteiger partial charge on any atom is 0.110 e. The first-order chi connectivity index (χ1) is 8.70. The van der Waals surface area contributed by atoms with Gasteiger partial charge in [-0.05, 0) is 24.2 Å². The van der Waals surface area contributed by atoms with Crippen molar-refractivity contribution in [3.63, 3.8) is 0 Å². The molecule has 0 aliphatic carbocycles. The van der Waals surface area contributed by atoms with Gasteiger partial charge in [0.1, 0.15) is 5.82 Å². The number of nitrogens with one attached hydrogen (secondary N) is 1. The van der Waals surface area contributed by atoms with Crippen LogP contribution in [0.25, 0.3) is 0 Å². The fourth-order valence-electron chi connectivity index (χ4n) is 2.03. The molecule has 2 rings (SSSR count). The Hall–Kier alpha value is -1.13. The number of benzene rings is 1. The average Bonchev–Trinajstić information content (AvgIpc) is 2.76. The van der Waals surface area contributed by atoms with Crippen LogP contribution >= 0.6 is 15.9 Å². The molecule has 1 heterocycles. The van der Waals surface area contributed by atoms with Gasteiger partial charge in [-0.25, -0.2) is 4.98 Å². The maximum atomic E-state index is 4.39. The number of rotatable bonds is 5. The molecular weight excluding hydrogens is 290 g/mol. The summed E-state index contributed by atoms with van der Waals surface area (Å²) in [4.78, 5) is 4.39. The zero-order valence-electron chi connectivity index (χ0n) is 10.7. The molecule has 96 valence electrons. The first-order valence-corrected chi connectivity index (χ1v) is 6.95. The summed E-state index contributed by atoms with van der Waals surface area (Å²) in [7, 11) is 2.03. The number of hydrogen-bond donors (Lipinski definition) is 1. The third kappa shape index (κ3) is 3.21. The normalized spacial score (nSPS) is 12.6. The summed E-state index contributed by atoms with van der Waals surface area (Å²) in [5, 5.41) is 3.52. The van der Waals surface area contributed by atoms with Crippen molar-refractivity contribution in [3.05, 3.63) is 52.5 Å². The number of halogens is 1. The van der Waals surface area contributed by atoms with Crippen molar-refractivity contribution in [2.75, 3.05) is 6.54 Å². The fourth-order valence-corrected chi connectivity index (χ4v) is 2.29. The van der Waals surface area contributed by atoms with Crippen molar-refractivity contribution in [3.8, 4) is 0 Å². The van der Waals surface area contributed by atoms with Gasteiger partial charge >= 0.3 is 0 Å². The molecule has 1 aromatic heterocycles. The number of nitrogens with zero attached hydrogens (tertiary/aromatic N) is 2. The molecule has 0 saturated carbocycles. The Morgan fingerprint density at radius 2 is 2.06 bits per heavy atom. The molecule has 4 heteroatoms. The standard InChI is InChI=1S/C14H18BrN3/c1-3-16-13(10-14-17-8-9-18(14)2)11-4-6-12(15)7-5-11/h4-9,13,16H,3,10H2,1-2H3. The van der Waals surface area contributed by atoms with Gasteiger partial charge in [0.15, 0.2) is 0 Å². The van der Waals surface area contributed by atoms with E-state index in [2.05, 4.69) is 62.0 Å². The monoisotopic (exact) mass is 307 g/mol. The molecule has 2 aromatic rings.